The van der Waals surface area contributed by atoms with Gasteiger partial charge in [-0.2, -0.15) is 0 Å². The third-order valence-corrected chi connectivity index (χ3v) is 3.68. The van der Waals surface area contributed by atoms with Crippen molar-refractivity contribution in [2.75, 3.05) is 25.6 Å². The van der Waals surface area contributed by atoms with Gasteiger partial charge in [0.1, 0.15) is 11.6 Å². The molecule has 0 atom stereocenters. The second-order valence-corrected chi connectivity index (χ2v) is 5.56. The molecule has 22 heavy (non-hydrogen) atoms. The van der Waals surface area contributed by atoms with Crippen molar-refractivity contribution in [2.45, 2.75) is 19.5 Å². The predicted octanol–water partition coefficient (Wildman–Crippen LogP) is 2.79. The number of fused-ring (bicyclic) bond motifs is 1. The van der Waals surface area contributed by atoms with Gasteiger partial charge in [-0.15, -0.1) is 12.4 Å². The molecular formula is C17H22ClN3O. The Balaban J connectivity index is 0.00000176. The van der Waals surface area contributed by atoms with Crippen LogP contribution in [0.25, 0.3) is 0 Å². The summed E-state index contributed by atoms with van der Waals surface area (Å²) >= 11 is 0. The van der Waals surface area contributed by atoms with Crippen LogP contribution in [-0.4, -0.2) is 25.7 Å². The van der Waals surface area contributed by atoms with E-state index in [1.54, 1.807) is 0 Å². The summed E-state index contributed by atoms with van der Waals surface area (Å²) in [5.41, 5.74) is 3.83. The Kier molecular flexibility index (Phi) is 5.63. The number of anilines is 1. The van der Waals surface area contributed by atoms with E-state index in [1.165, 1.54) is 16.7 Å². The minimum atomic E-state index is 0. The van der Waals surface area contributed by atoms with E-state index >= 15 is 0 Å². The van der Waals surface area contributed by atoms with E-state index in [-0.39, 0.29) is 12.4 Å². The number of ether oxygens (including phenoxy) is 1. The van der Waals surface area contributed by atoms with Gasteiger partial charge in [-0.25, -0.2) is 4.98 Å². The number of nitrogens with one attached hydrogen (secondary N) is 1. The van der Waals surface area contributed by atoms with E-state index in [4.69, 9.17) is 4.74 Å². The maximum Gasteiger partial charge on any atom is 0.127 e. The lowest BCUT2D eigenvalue weighted by Gasteiger charge is -2.11. The average molecular weight is 320 g/mol. The number of nitrogens with zero attached hydrogens (tertiary/aromatic N) is 2. The van der Waals surface area contributed by atoms with Crippen LogP contribution in [0.5, 0.6) is 5.75 Å². The zero-order chi connectivity index (χ0) is 14.7. The highest BCUT2D eigenvalue weighted by Gasteiger charge is 2.11. The number of hydrogen-bond acceptors (Lipinski definition) is 4. The van der Waals surface area contributed by atoms with Gasteiger partial charge in [0.2, 0.25) is 0 Å². The second kappa shape index (κ2) is 7.47. The molecule has 118 valence electrons. The summed E-state index contributed by atoms with van der Waals surface area (Å²) in [4.78, 5) is 6.42. The van der Waals surface area contributed by atoms with Crippen molar-refractivity contribution in [1.29, 1.82) is 0 Å². The Morgan fingerprint density at radius 1 is 1.14 bits per heavy atom. The Hall–Kier alpha value is -1.78. The highest BCUT2D eigenvalue weighted by molar-refractivity contribution is 5.85. The lowest BCUT2D eigenvalue weighted by Crippen LogP contribution is -2.14. The third kappa shape index (κ3) is 3.90. The van der Waals surface area contributed by atoms with Crippen LogP contribution in [-0.2, 0) is 19.5 Å². The first-order valence-electron chi connectivity index (χ1n) is 7.30. The monoisotopic (exact) mass is 319 g/mol. The number of rotatable bonds is 5. The van der Waals surface area contributed by atoms with Crippen LogP contribution in [0.2, 0.25) is 0 Å². The minimum absolute atomic E-state index is 0. The SMILES string of the molecule is CN(C)c1ccc(CNCc2ccc3c(c2)CCO3)cn1.Cl. The van der Waals surface area contributed by atoms with Crippen LogP contribution in [0, 0.1) is 0 Å². The van der Waals surface area contributed by atoms with Gasteiger partial charge < -0.3 is 15.0 Å². The zero-order valence-electron chi connectivity index (χ0n) is 13.0. The van der Waals surface area contributed by atoms with Crippen LogP contribution < -0.4 is 15.0 Å². The lowest BCUT2D eigenvalue weighted by molar-refractivity contribution is 0.357. The highest BCUT2D eigenvalue weighted by atomic mass is 35.5. The van der Waals surface area contributed by atoms with Crippen molar-refractivity contribution in [1.82, 2.24) is 10.3 Å². The Bertz CT molecular complexity index is 614. The maximum absolute atomic E-state index is 5.53. The molecule has 5 heteroatoms. The molecule has 0 saturated heterocycles. The molecule has 0 aliphatic carbocycles. The molecule has 0 amide bonds. The number of benzene rings is 1. The predicted molar refractivity (Wildman–Crippen MR) is 92.0 cm³/mol. The lowest BCUT2D eigenvalue weighted by atomic mass is 10.1. The summed E-state index contributed by atoms with van der Waals surface area (Å²) in [6, 6.07) is 10.6. The normalized spacial score (nSPS) is 12.3. The number of hydrogen-bond donors (Lipinski definition) is 1. The van der Waals surface area contributed by atoms with Crippen molar-refractivity contribution in [3.05, 3.63) is 53.2 Å². The van der Waals surface area contributed by atoms with E-state index in [0.717, 1.165) is 37.7 Å². The molecule has 1 aromatic carbocycles. The fourth-order valence-electron chi connectivity index (χ4n) is 2.49. The zero-order valence-corrected chi connectivity index (χ0v) is 13.8. The molecule has 1 aliphatic heterocycles. The number of pyridine rings is 1. The molecule has 1 N–H and O–H groups in total. The van der Waals surface area contributed by atoms with Gasteiger partial charge in [-0.05, 0) is 28.8 Å². The summed E-state index contributed by atoms with van der Waals surface area (Å²) in [7, 11) is 4.00. The van der Waals surface area contributed by atoms with E-state index < -0.39 is 0 Å². The smallest absolute Gasteiger partial charge is 0.127 e. The van der Waals surface area contributed by atoms with Gasteiger partial charge in [0.25, 0.3) is 0 Å². The maximum atomic E-state index is 5.53. The minimum Gasteiger partial charge on any atom is -0.493 e. The summed E-state index contributed by atoms with van der Waals surface area (Å²) in [5.74, 6) is 2.03. The molecular weight excluding hydrogens is 298 g/mol. The Morgan fingerprint density at radius 3 is 2.64 bits per heavy atom. The molecule has 0 unspecified atom stereocenters. The molecule has 0 radical (unpaired) electrons. The molecule has 4 nitrogen and oxygen atoms in total. The first-order chi connectivity index (χ1) is 10.2. The van der Waals surface area contributed by atoms with Crippen molar-refractivity contribution >= 4 is 18.2 Å². The van der Waals surface area contributed by atoms with Crippen molar-refractivity contribution in [3.63, 3.8) is 0 Å². The summed E-state index contributed by atoms with van der Waals surface area (Å²) in [6.07, 6.45) is 2.96. The molecule has 1 aliphatic rings. The summed E-state index contributed by atoms with van der Waals surface area (Å²) < 4.78 is 5.53. The van der Waals surface area contributed by atoms with Gasteiger partial charge in [0, 0.05) is 39.8 Å². The van der Waals surface area contributed by atoms with Gasteiger partial charge in [-0.1, -0.05) is 18.2 Å². The highest BCUT2D eigenvalue weighted by Crippen LogP contribution is 2.25. The fourth-order valence-corrected chi connectivity index (χ4v) is 2.49. The van der Waals surface area contributed by atoms with E-state index in [2.05, 4.69) is 34.6 Å². The third-order valence-electron chi connectivity index (χ3n) is 3.68. The first-order valence-corrected chi connectivity index (χ1v) is 7.30. The summed E-state index contributed by atoms with van der Waals surface area (Å²) in [5, 5.41) is 3.46. The van der Waals surface area contributed by atoms with Crippen LogP contribution >= 0.6 is 12.4 Å². The van der Waals surface area contributed by atoms with Crippen molar-refractivity contribution < 1.29 is 4.74 Å². The molecule has 0 spiro atoms. The summed E-state index contributed by atoms with van der Waals surface area (Å²) in [6.45, 7) is 2.51. The molecule has 2 aromatic rings. The quantitative estimate of drug-likeness (QED) is 0.919. The first kappa shape index (κ1) is 16.6. The van der Waals surface area contributed by atoms with Crippen LogP contribution in [0.1, 0.15) is 16.7 Å². The molecule has 3 rings (SSSR count). The van der Waals surface area contributed by atoms with Gasteiger partial charge in [0.15, 0.2) is 0 Å². The average Bonchev–Trinajstić information content (AvgIpc) is 2.95. The standard InChI is InChI=1S/C17H21N3O.ClH/c1-20(2)17-6-4-14(12-19-17)11-18-10-13-3-5-16-15(9-13)7-8-21-16;/h3-6,9,12,18H,7-8,10-11H2,1-2H3;1H. The topological polar surface area (TPSA) is 37.4 Å². The van der Waals surface area contributed by atoms with Gasteiger partial charge in [-0.3, -0.25) is 0 Å². The molecule has 1 aromatic heterocycles. The molecule has 0 bridgehead atoms. The Morgan fingerprint density at radius 2 is 1.91 bits per heavy atom. The van der Waals surface area contributed by atoms with Gasteiger partial charge >= 0.3 is 0 Å². The van der Waals surface area contributed by atoms with Crippen molar-refractivity contribution in [2.24, 2.45) is 0 Å². The van der Waals surface area contributed by atoms with Gasteiger partial charge in [0.05, 0.1) is 6.61 Å². The van der Waals surface area contributed by atoms with E-state index in [9.17, 15) is 0 Å². The molecule has 0 saturated carbocycles. The molecule has 0 fully saturated rings. The van der Waals surface area contributed by atoms with Crippen LogP contribution in [0.4, 0.5) is 5.82 Å². The number of aromatic nitrogens is 1. The van der Waals surface area contributed by atoms with Crippen LogP contribution in [0.15, 0.2) is 36.5 Å². The van der Waals surface area contributed by atoms with Crippen molar-refractivity contribution in [3.8, 4) is 5.75 Å². The fraction of sp³-hybridized carbons (Fsp3) is 0.353. The number of halogens is 1. The van der Waals surface area contributed by atoms with E-state index in [0.29, 0.717) is 0 Å². The van der Waals surface area contributed by atoms with E-state index in [1.807, 2.05) is 31.3 Å². The Labute approximate surface area is 137 Å². The van der Waals surface area contributed by atoms with Crippen LogP contribution in [0.3, 0.4) is 0 Å². The second-order valence-electron chi connectivity index (χ2n) is 5.56. The largest absolute Gasteiger partial charge is 0.493 e. The molecule has 2 heterocycles.